The standard InChI is InChI=1S/C19H25NO2/c1-5-8-9-10-16(6-2)15-20-17(7-3)11-12-18(20)13-14-19(21)22-4/h5-6,9-14H,1,7-8,15H2,2-4H3/b10-9?,14-13+,16-6+. The van der Waals surface area contributed by atoms with E-state index in [-0.39, 0.29) is 5.97 Å². The van der Waals surface area contributed by atoms with Crippen molar-refractivity contribution in [2.75, 3.05) is 7.11 Å². The molecule has 0 amide bonds. The van der Waals surface area contributed by atoms with Gasteiger partial charge in [0.2, 0.25) is 0 Å². The Labute approximate surface area is 133 Å². The number of aryl methyl sites for hydroxylation is 1. The minimum absolute atomic E-state index is 0.345. The lowest BCUT2D eigenvalue weighted by atomic mass is 10.2. The largest absolute Gasteiger partial charge is 0.466 e. The van der Waals surface area contributed by atoms with Crippen LogP contribution < -0.4 is 0 Å². The van der Waals surface area contributed by atoms with Crippen LogP contribution in [0.3, 0.4) is 0 Å². The Balaban J connectivity index is 3.00. The molecular weight excluding hydrogens is 274 g/mol. The Hall–Kier alpha value is -2.29. The summed E-state index contributed by atoms with van der Waals surface area (Å²) in [5, 5.41) is 0. The predicted molar refractivity (Wildman–Crippen MR) is 92.6 cm³/mol. The molecule has 3 nitrogen and oxygen atoms in total. The smallest absolute Gasteiger partial charge is 0.330 e. The van der Waals surface area contributed by atoms with Crippen molar-refractivity contribution in [1.29, 1.82) is 0 Å². The molecule has 0 bridgehead atoms. The molecule has 0 atom stereocenters. The number of ether oxygens (including phenoxy) is 1. The summed E-state index contributed by atoms with van der Waals surface area (Å²) in [6, 6.07) is 4.12. The average Bonchev–Trinajstić information content (AvgIpc) is 2.93. The zero-order valence-corrected chi connectivity index (χ0v) is 13.7. The van der Waals surface area contributed by atoms with Gasteiger partial charge in [0.15, 0.2) is 0 Å². The van der Waals surface area contributed by atoms with Gasteiger partial charge >= 0.3 is 5.97 Å². The molecule has 0 spiro atoms. The lowest BCUT2D eigenvalue weighted by molar-refractivity contribution is -0.134. The second-order valence-electron chi connectivity index (χ2n) is 4.84. The van der Waals surface area contributed by atoms with E-state index in [2.05, 4.69) is 47.1 Å². The van der Waals surface area contributed by atoms with Crippen LogP contribution in [0.15, 0.2) is 54.7 Å². The maximum absolute atomic E-state index is 11.3. The molecule has 0 radical (unpaired) electrons. The first-order valence-electron chi connectivity index (χ1n) is 7.53. The monoisotopic (exact) mass is 299 g/mol. The number of rotatable bonds is 8. The summed E-state index contributed by atoms with van der Waals surface area (Å²) in [6.07, 6.45) is 13.3. The van der Waals surface area contributed by atoms with Gasteiger partial charge in [0.25, 0.3) is 0 Å². The number of esters is 1. The van der Waals surface area contributed by atoms with Crippen LogP contribution in [-0.2, 0) is 22.5 Å². The van der Waals surface area contributed by atoms with Gasteiger partial charge in [-0.15, -0.1) is 6.58 Å². The van der Waals surface area contributed by atoms with E-state index in [9.17, 15) is 4.79 Å². The van der Waals surface area contributed by atoms with Gasteiger partial charge in [0.1, 0.15) is 0 Å². The Morgan fingerprint density at radius 3 is 2.73 bits per heavy atom. The molecule has 1 aromatic rings. The fourth-order valence-corrected chi connectivity index (χ4v) is 2.13. The summed E-state index contributed by atoms with van der Waals surface area (Å²) in [5.41, 5.74) is 3.46. The third-order valence-electron chi connectivity index (χ3n) is 3.40. The van der Waals surface area contributed by atoms with Gasteiger partial charge in [-0.1, -0.05) is 31.2 Å². The second kappa shape index (κ2) is 9.61. The normalized spacial score (nSPS) is 12.2. The molecule has 0 saturated carbocycles. The van der Waals surface area contributed by atoms with Crippen molar-refractivity contribution in [3.63, 3.8) is 0 Å². The van der Waals surface area contributed by atoms with E-state index in [1.165, 1.54) is 24.5 Å². The summed E-state index contributed by atoms with van der Waals surface area (Å²) in [5.74, 6) is -0.345. The summed E-state index contributed by atoms with van der Waals surface area (Å²) in [4.78, 5) is 11.3. The molecule has 1 heterocycles. The Morgan fingerprint density at radius 2 is 2.14 bits per heavy atom. The Kier molecular flexibility index (Phi) is 7.76. The molecule has 0 N–H and O–H groups in total. The minimum Gasteiger partial charge on any atom is -0.466 e. The van der Waals surface area contributed by atoms with E-state index in [1.807, 2.05) is 19.1 Å². The van der Waals surface area contributed by atoms with Crippen molar-refractivity contribution in [3.05, 3.63) is 66.1 Å². The van der Waals surface area contributed by atoms with Gasteiger partial charge in [-0.2, -0.15) is 0 Å². The summed E-state index contributed by atoms with van der Waals surface area (Å²) >= 11 is 0. The number of aromatic nitrogens is 1. The highest BCUT2D eigenvalue weighted by atomic mass is 16.5. The predicted octanol–water partition coefficient (Wildman–Crippen LogP) is 4.32. The van der Waals surface area contributed by atoms with Crippen molar-refractivity contribution in [2.45, 2.75) is 33.2 Å². The fourth-order valence-electron chi connectivity index (χ4n) is 2.13. The van der Waals surface area contributed by atoms with E-state index in [0.29, 0.717) is 0 Å². The van der Waals surface area contributed by atoms with E-state index in [0.717, 1.165) is 25.1 Å². The van der Waals surface area contributed by atoms with Gasteiger partial charge in [-0.05, 0) is 43.5 Å². The molecule has 0 fully saturated rings. The van der Waals surface area contributed by atoms with Gasteiger partial charge in [0.05, 0.1) is 7.11 Å². The average molecular weight is 299 g/mol. The summed E-state index contributed by atoms with van der Waals surface area (Å²) < 4.78 is 6.86. The zero-order chi connectivity index (χ0) is 16.4. The van der Waals surface area contributed by atoms with E-state index in [4.69, 9.17) is 0 Å². The number of hydrogen-bond acceptors (Lipinski definition) is 2. The van der Waals surface area contributed by atoms with Crippen LogP contribution in [0.25, 0.3) is 6.08 Å². The number of methoxy groups -OCH3 is 1. The first-order chi connectivity index (χ1) is 10.7. The molecule has 0 unspecified atom stereocenters. The highest BCUT2D eigenvalue weighted by molar-refractivity contribution is 5.86. The first-order valence-corrected chi connectivity index (χ1v) is 7.53. The first kappa shape index (κ1) is 17.8. The number of allylic oxidation sites excluding steroid dienone is 5. The molecule has 0 aliphatic heterocycles. The van der Waals surface area contributed by atoms with Crippen LogP contribution in [-0.4, -0.2) is 17.6 Å². The van der Waals surface area contributed by atoms with E-state index in [1.54, 1.807) is 6.08 Å². The SMILES string of the molecule is C=CCC=C/C(=C\C)Cn1c(/C=C/C(=O)OC)ccc1CC. The highest BCUT2D eigenvalue weighted by Gasteiger charge is 2.06. The van der Waals surface area contributed by atoms with Crippen LogP contribution in [0.5, 0.6) is 0 Å². The molecule has 3 heteroatoms. The van der Waals surface area contributed by atoms with Crippen LogP contribution in [0.4, 0.5) is 0 Å². The van der Waals surface area contributed by atoms with Crippen molar-refractivity contribution in [1.82, 2.24) is 4.57 Å². The van der Waals surface area contributed by atoms with Crippen molar-refractivity contribution < 1.29 is 9.53 Å². The third-order valence-corrected chi connectivity index (χ3v) is 3.40. The maximum Gasteiger partial charge on any atom is 0.330 e. The fraction of sp³-hybridized carbons (Fsp3) is 0.316. The quantitative estimate of drug-likeness (QED) is 0.310. The molecule has 0 aromatic carbocycles. The molecule has 1 aromatic heterocycles. The second-order valence-corrected chi connectivity index (χ2v) is 4.84. The van der Waals surface area contributed by atoms with Gasteiger partial charge in [0, 0.05) is 24.0 Å². The topological polar surface area (TPSA) is 31.2 Å². The Bertz CT molecular complexity index is 589. The van der Waals surface area contributed by atoms with Crippen LogP contribution in [0, 0.1) is 0 Å². The lowest BCUT2D eigenvalue weighted by Crippen LogP contribution is -2.06. The molecule has 0 saturated heterocycles. The van der Waals surface area contributed by atoms with Crippen molar-refractivity contribution >= 4 is 12.0 Å². The number of carbonyl (C=O) groups is 1. The summed E-state index contributed by atoms with van der Waals surface area (Å²) in [6.45, 7) is 8.66. The van der Waals surface area contributed by atoms with Gasteiger partial charge in [-0.25, -0.2) is 4.79 Å². The third kappa shape index (κ3) is 5.24. The van der Waals surface area contributed by atoms with Crippen LogP contribution >= 0.6 is 0 Å². The van der Waals surface area contributed by atoms with Crippen LogP contribution in [0.1, 0.15) is 31.7 Å². The summed E-state index contributed by atoms with van der Waals surface area (Å²) in [7, 11) is 1.38. The molecule has 118 valence electrons. The maximum atomic E-state index is 11.3. The van der Waals surface area contributed by atoms with Crippen molar-refractivity contribution in [3.8, 4) is 0 Å². The zero-order valence-electron chi connectivity index (χ0n) is 13.7. The number of carbonyl (C=O) groups excluding carboxylic acids is 1. The lowest BCUT2D eigenvalue weighted by Gasteiger charge is -2.12. The van der Waals surface area contributed by atoms with Gasteiger partial charge < -0.3 is 9.30 Å². The molecular formula is C19H25NO2. The Morgan fingerprint density at radius 1 is 1.36 bits per heavy atom. The van der Waals surface area contributed by atoms with Gasteiger partial charge in [-0.3, -0.25) is 0 Å². The molecule has 0 aliphatic rings. The minimum atomic E-state index is -0.345. The molecule has 22 heavy (non-hydrogen) atoms. The number of hydrogen-bond donors (Lipinski definition) is 0. The molecule has 0 aliphatic carbocycles. The van der Waals surface area contributed by atoms with Crippen LogP contribution in [0.2, 0.25) is 0 Å². The van der Waals surface area contributed by atoms with Crippen molar-refractivity contribution in [2.24, 2.45) is 0 Å². The highest BCUT2D eigenvalue weighted by Crippen LogP contribution is 2.15. The van der Waals surface area contributed by atoms with E-state index < -0.39 is 0 Å². The molecule has 1 rings (SSSR count). The van der Waals surface area contributed by atoms with E-state index >= 15 is 0 Å². The number of nitrogens with zero attached hydrogens (tertiary/aromatic N) is 1.